The van der Waals surface area contributed by atoms with Gasteiger partial charge in [-0.15, -0.1) is 0 Å². The number of pyridine rings is 1. The second kappa shape index (κ2) is 4.92. The molecule has 0 radical (unpaired) electrons. The van der Waals surface area contributed by atoms with E-state index in [1.807, 2.05) is 0 Å². The van der Waals surface area contributed by atoms with Gasteiger partial charge in [0.25, 0.3) is 0 Å². The molecule has 17 heavy (non-hydrogen) atoms. The molecule has 6 heteroatoms. The highest BCUT2D eigenvalue weighted by atomic mass is 16.4. The SMILES string of the molecule is O=C1CC(NCc2ccc(C(=O)O)cn2)CN1. The average molecular weight is 235 g/mol. The first-order valence-corrected chi connectivity index (χ1v) is 5.33. The number of nitrogens with one attached hydrogen (secondary N) is 2. The number of carbonyl (C=O) groups is 2. The van der Waals surface area contributed by atoms with Crippen molar-refractivity contribution in [2.75, 3.05) is 6.54 Å². The molecule has 1 saturated heterocycles. The molecule has 1 unspecified atom stereocenters. The number of amides is 1. The van der Waals surface area contributed by atoms with Gasteiger partial charge in [-0.2, -0.15) is 0 Å². The second-order valence-electron chi connectivity index (χ2n) is 3.93. The van der Waals surface area contributed by atoms with Gasteiger partial charge in [0.15, 0.2) is 0 Å². The Kier molecular flexibility index (Phi) is 3.34. The molecule has 0 saturated carbocycles. The molecule has 1 atom stereocenters. The Morgan fingerprint density at radius 1 is 1.59 bits per heavy atom. The first-order valence-electron chi connectivity index (χ1n) is 5.33. The predicted molar refractivity (Wildman–Crippen MR) is 59.5 cm³/mol. The van der Waals surface area contributed by atoms with E-state index in [0.29, 0.717) is 19.5 Å². The summed E-state index contributed by atoms with van der Waals surface area (Å²) in [6.45, 7) is 1.16. The fourth-order valence-corrected chi connectivity index (χ4v) is 1.65. The van der Waals surface area contributed by atoms with E-state index in [4.69, 9.17) is 5.11 Å². The Morgan fingerprint density at radius 2 is 2.41 bits per heavy atom. The van der Waals surface area contributed by atoms with Crippen LogP contribution in [0.5, 0.6) is 0 Å². The van der Waals surface area contributed by atoms with Crippen LogP contribution in [0.25, 0.3) is 0 Å². The first-order chi connectivity index (χ1) is 8.15. The highest BCUT2D eigenvalue weighted by Crippen LogP contribution is 2.03. The number of aromatic carboxylic acids is 1. The van der Waals surface area contributed by atoms with Gasteiger partial charge in [0.05, 0.1) is 11.3 Å². The third-order valence-electron chi connectivity index (χ3n) is 2.62. The Hall–Kier alpha value is -1.95. The van der Waals surface area contributed by atoms with E-state index in [9.17, 15) is 9.59 Å². The Bertz CT molecular complexity index is 430. The number of carboxylic acids is 1. The summed E-state index contributed by atoms with van der Waals surface area (Å²) in [5, 5.41) is 14.6. The molecule has 1 aliphatic heterocycles. The van der Waals surface area contributed by atoms with Crippen molar-refractivity contribution in [3.05, 3.63) is 29.6 Å². The zero-order valence-corrected chi connectivity index (χ0v) is 9.14. The highest BCUT2D eigenvalue weighted by Gasteiger charge is 2.20. The van der Waals surface area contributed by atoms with E-state index in [2.05, 4.69) is 15.6 Å². The Balaban J connectivity index is 1.87. The fraction of sp³-hybridized carbons (Fsp3) is 0.364. The third kappa shape index (κ3) is 3.01. The van der Waals surface area contributed by atoms with E-state index >= 15 is 0 Å². The molecule has 1 amide bonds. The summed E-state index contributed by atoms with van der Waals surface area (Å²) < 4.78 is 0. The van der Waals surface area contributed by atoms with Crippen molar-refractivity contribution in [1.82, 2.24) is 15.6 Å². The number of carbonyl (C=O) groups excluding carboxylic acids is 1. The van der Waals surface area contributed by atoms with Gasteiger partial charge < -0.3 is 15.7 Å². The van der Waals surface area contributed by atoms with E-state index in [1.165, 1.54) is 12.3 Å². The summed E-state index contributed by atoms with van der Waals surface area (Å²) in [6.07, 6.45) is 1.81. The van der Waals surface area contributed by atoms with Crippen molar-refractivity contribution in [1.29, 1.82) is 0 Å². The maximum atomic E-state index is 11.0. The molecule has 0 aromatic carbocycles. The lowest BCUT2D eigenvalue weighted by Gasteiger charge is -2.09. The molecule has 2 rings (SSSR count). The summed E-state index contributed by atoms with van der Waals surface area (Å²) >= 11 is 0. The van der Waals surface area contributed by atoms with Crippen LogP contribution >= 0.6 is 0 Å². The lowest BCUT2D eigenvalue weighted by molar-refractivity contribution is -0.119. The van der Waals surface area contributed by atoms with Crippen LogP contribution in [-0.4, -0.2) is 34.6 Å². The molecule has 0 aliphatic carbocycles. The van der Waals surface area contributed by atoms with Crippen LogP contribution in [0.3, 0.4) is 0 Å². The normalized spacial score (nSPS) is 19.1. The fourth-order valence-electron chi connectivity index (χ4n) is 1.65. The van der Waals surface area contributed by atoms with Crippen LogP contribution in [0.1, 0.15) is 22.5 Å². The van der Waals surface area contributed by atoms with Crippen molar-refractivity contribution < 1.29 is 14.7 Å². The molecule has 1 aromatic heterocycles. The maximum Gasteiger partial charge on any atom is 0.337 e. The summed E-state index contributed by atoms with van der Waals surface area (Å²) in [5.41, 5.74) is 0.931. The molecule has 90 valence electrons. The summed E-state index contributed by atoms with van der Waals surface area (Å²) in [7, 11) is 0. The minimum atomic E-state index is -0.984. The van der Waals surface area contributed by atoms with Gasteiger partial charge in [-0.25, -0.2) is 4.79 Å². The third-order valence-corrected chi connectivity index (χ3v) is 2.62. The quantitative estimate of drug-likeness (QED) is 0.670. The summed E-state index contributed by atoms with van der Waals surface area (Å²) in [6, 6.07) is 3.31. The van der Waals surface area contributed by atoms with Gasteiger partial charge in [0.1, 0.15) is 0 Å². The molecule has 3 N–H and O–H groups in total. The van der Waals surface area contributed by atoms with Gasteiger partial charge >= 0.3 is 5.97 Å². The summed E-state index contributed by atoms with van der Waals surface area (Å²) in [4.78, 5) is 25.6. The van der Waals surface area contributed by atoms with E-state index in [0.717, 1.165) is 5.69 Å². The number of hydrogen-bond donors (Lipinski definition) is 3. The lowest BCUT2D eigenvalue weighted by atomic mass is 10.2. The lowest BCUT2D eigenvalue weighted by Crippen LogP contribution is -2.30. The smallest absolute Gasteiger partial charge is 0.337 e. The Morgan fingerprint density at radius 3 is 2.94 bits per heavy atom. The van der Waals surface area contributed by atoms with Crippen molar-refractivity contribution in [3.8, 4) is 0 Å². The van der Waals surface area contributed by atoms with Crippen LogP contribution in [0, 0.1) is 0 Å². The molecule has 0 spiro atoms. The molecule has 1 aliphatic rings. The van der Waals surface area contributed by atoms with Crippen LogP contribution in [0.4, 0.5) is 0 Å². The topological polar surface area (TPSA) is 91.3 Å². The number of rotatable bonds is 4. The number of hydrogen-bond acceptors (Lipinski definition) is 4. The predicted octanol–water partition coefficient (Wildman–Crippen LogP) is -0.242. The van der Waals surface area contributed by atoms with Gasteiger partial charge in [-0.1, -0.05) is 0 Å². The maximum absolute atomic E-state index is 11.0. The van der Waals surface area contributed by atoms with E-state index in [-0.39, 0.29) is 17.5 Å². The summed E-state index contributed by atoms with van der Waals surface area (Å²) in [5.74, 6) is -0.931. The zero-order valence-electron chi connectivity index (χ0n) is 9.14. The Labute approximate surface area is 98.1 Å². The molecule has 6 nitrogen and oxygen atoms in total. The molecule has 2 heterocycles. The van der Waals surface area contributed by atoms with Gasteiger partial charge in [-0.05, 0) is 12.1 Å². The zero-order chi connectivity index (χ0) is 12.3. The van der Waals surface area contributed by atoms with Crippen LogP contribution < -0.4 is 10.6 Å². The monoisotopic (exact) mass is 235 g/mol. The molecule has 1 aromatic rings. The van der Waals surface area contributed by atoms with Crippen LogP contribution in [0.15, 0.2) is 18.3 Å². The molecular weight excluding hydrogens is 222 g/mol. The molecular formula is C11H13N3O3. The number of aromatic nitrogens is 1. The molecule has 0 bridgehead atoms. The van der Waals surface area contributed by atoms with Crippen molar-refractivity contribution in [2.24, 2.45) is 0 Å². The van der Waals surface area contributed by atoms with Gasteiger partial charge in [0.2, 0.25) is 5.91 Å². The number of carboxylic acid groups (broad SMARTS) is 1. The van der Waals surface area contributed by atoms with Crippen LogP contribution in [-0.2, 0) is 11.3 Å². The highest BCUT2D eigenvalue weighted by molar-refractivity contribution is 5.87. The van der Waals surface area contributed by atoms with Gasteiger partial charge in [0, 0.05) is 31.7 Å². The first kappa shape index (κ1) is 11.5. The average Bonchev–Trinajstić information content (AvgIpc) is 2.73. The standard InChI is InChI=1S/C11H13N3O3/c15-10-3-9(6-14-10)13-5-8-2-1-7(4-12-8)11(16)17/h1-2,4,9,13H,3,5-6H2,(H,14,15)(H,16,17). The van der Waals surface area contributed by atoms with E-state index < -0.39 is 5.97 Å². The molecule has 1 fully saturated rings. The van der Waals surface area contributed by atoms with Crippen molar-refractivity contribution in [2.45, 2.75) is 19.0 Å². The van der Waals surface area contributed by atoms with Crippen LogP contribution in [0.2, 0.25) is 0 Å². The van der Waals surface area contributed by atoms with Crippen molar-refractivity contribution >= 4 is 11.9 Å². The number of nitrogens with zero attached hydrogens (tertiary/aromatic N) is 1. The largest absolute Gasteiger partial charge is 0.478 e. The van der Waals surface area contributed by atoms with Crippen molar-refractivity contribution in [3.63, 3.8) is 0 Å². The second-order valence-corrected chi connectivity index (χ2v) is 3.93. The minimum absolute atomic E-state index is 0.0525. The van der Waals surface area contributed by atoms with E-state index in [1.54, 1.807) is 6.07 Å². The minimum Gasteiger partial charge on any atom is -0.478 e. The van der Waals surface area contributed by atoms with Gasteiger partial charge in [-0.3, -0.25) is 9.78 Å².